The van der Waals surface area contributed by atoms with E-state index in [9.17, 15) is 0 Å². The van der Waals surface area contributed by atoms with E-state index in [2.05, 4.69) is 46.7 Å². The lowest BCUT2D eigenvalue weighted by Crippen LogP contribution is -2.38. The van der Waals surface area contributed by atoms with E-state index in [0.717, 1.165) is 5.92 Å². The molecule has 2 fully saturated rings. The molecule has 0 radical (unpaired) electrons. The Hall–Kier alpha value is -0.900. The summed E-state index contributed by atoms with van der Waals surface area (Å²) >= 11 is 0. The molecule has 3 rings (SSSR count). The van der Waals surface area contributed by atoms with Crippen molar-refractivity contribution in [2.24, 2.45) is 0 Å². The highest BCUT2D eigenvalue weighted by molar-refractivity contribution is 5.21. The molecule has 3 heteroatoms. The van der Waals surface area contributed by atoms with Crippen LogP contribution < -0.4 is 16.4 Å². The van der Waals surface area contributed by atoms with E-state index in [1.54, 1.807) is 0 Å². The lowest BCUT2D eigenvalue weighted by Gasteiger charge is -2.30. The van der Waals surface area contributed by atoms with Crippen LogP contribution in [0.5, 0.6) is 0 Å². The Morgan fingerprint density at radius 1 is 0.933 bits per heavy atom. The van der Waals surface area contributed by atoms with Gasteiger partial charge in [-0.3, -0.25) is 0 Å². The van der Waals surface area contributed by atoms with Gasteiger partial charge in [0.15, 0.2) is 0 Å². The van der Waals surface area contributed by atoms with Gasteiger partial charge < -0.3 is 0 Å². The first kappa shape index (κ1) is 9.33. The van der Waals surface area contributed by atoms with E-state index in [1.807, 2.05) is 0 Å². The summed E-state index contributed by atoms with van der Waals surface area (Å²) < 4.78 is 0. The first-order valence-corrected chi connectivity index (χ1v) is 5.74. The number of hydrazine groups is 2. The van der Waals surface area contributed by atoms with Crippen molar-refractivity contribution in [2.75, 3.05) is 0 Å². The van der Waals surface area contributed by atoms with Crippen molar-refractivity contribution in [3.05, 3.63) is 35.9 Å². The highest BCUT2D eigenvalue weighted by Gasteiger charge is 2.33. The van der Waals surface area contributed by atoms with Crippen molar-refractivity contribution in [2.45, 2.75) is 37.3 Å². The monoisotopic (exact) mass is 203 g/mol. The largest absolute Gasteiger partial charge is 0.240 e. The molecule has 3 N–H and O–H groups in total. The molecule has 0 aromatic heterocycles. The molecule has 1 aliphatic heterocycles. The van der Waals surface area contributed by atoms with Crippen LogP contribution in [0.15, 0.2) is 30.3 Å². The summed E-state index contributed by atoms with van der Waals surface area (Å²) in [5.41, 5.74) is 11.1. The van der Waals surface area contributed by atoms with Gasteiger partial charge in [-0.25, -0.2) is 10.9 Å². The predicted molar refractivity (Wildman–Crippen MR) is 60.0 cm³/mol. The van der Waals surface area contributed by atoms with Crippen LogP contribution in [-0.2, 0) is 0 Å². The molecule has 1 aromatic rings. The van der Waals surface area contributed by atoms with Crippen LogP contribution in [0.2, 0.25) is 0 Å². The number of hydrogen-bond acceptors (Lipinski definition) is 3. The van der Waals surface area contributed by atoms with Gasteiger partial charge in [-0.05, 0) is 30.7 Å². The molecule has 1 aromatic carbocycles. The van der Waals surface area contributed by atoms with Gasteiger partial charge in [-0.2, -0.15) is 5.53 Å². The minimum atomic E-state index is 0.587. The molecule has 2 aliphatic rings. The van der Waals surface area contributed by atoms with E-state index >= 15 is 0 Å². The SMILES string of the molecule is c1ccc(C2CCC3NNNC3C2)cc1. The van der Waals surface area contributed by atoms with Gasteiger partial charge in [0.1, 0.15) is 0 Å². The zero-order valence-corrected chi connectivity index (χ0v) is 8.74. The van der Waals surface area contributed by atoms with E-state index in [1.165, 1.54) is 24.8 Å². The maximum absolute atomic E-state index is 3.30. The molecule has 3 atom stereocenters. The third-order valence-corrected chi connectivity index (χ3v) is 3.64. The lowest BCUT2D eigenvalue weighted by atomic mass is 9.79. The Balaban J connectivity index is 1.74. The highest BCUT2D eigenvalue weighted by atomic mass is 15.7. The first-order chi connectivity index (χ1) is 7.43. The van der Waals surface area contributed by atoms with Gasteiger partial charge in [-0.15, -0.1) is 0 Å². The Kier molecular flexibility index (Phi) is 2.44. The highest BCUT2D eigenvalue weighted by Crippen LogP contribution is 2.33. The first-order valence-electron chi connectivity index (χ1n) is 5.74. The fourth-order valence-corrected chi connectivity index (χ4v) is 2.76. The Morgan fingerprint density at radius 3 is 2.60 bits per heavy atom. The molecule has 0 amide bonds. The minimum Gasteiger partial charge on any atom is -0.240 e. The minimum absolute atomic E-state index is 0.587. The molecule has 1 heterocycles. The zero-order valence-electron chi connectivity index (χ0n) is 8.74. The molecule has 1 saturated heterocycles. The fraction of sp³-hybridized carbons (Fsp3) is 0.500. The number of rotatable bonds is 1. The summed E-state index contributed by atoms with van der Waals surface area (Å²) in [6, 6.07) is 12.1. The fourth-order valence-electron chi connectivity index (χ4n) is 2.76. The third-order valence-electron chi connectivity index (χ3n) is 3.64. The topological polar surface area (TPSA) is 36.1 Å². The van der Waals surface area contributed by atoms with E-state index in [4.69, 9.17) is 0 Å². The van der Waals surface area contributed by atoms with E-state index < -0.39 is 0 Å². The zero-order chi connectivity index (χ0) is 10.1. The van der Waals surface area contributed by atoms with Crippen LogP contribution in [0, 0.1) is 0 Å². The van der Waals surface area contributed by atoms with Crippen molar-refractivity contribution >= 4 is 0 Å². The van der Waals surface area contributed by atoms with Gasteiger partial charge >= 0.3 is 0 Å². The summed E-state index contributed by atoms with van der Waals surface area (Å²) in [5.74, 6) is 0.724. The molecule has 3 unspecified atom stereocenters. The normalized spacial score (nSPS) is 35.1. The number of nitrogens with one attached hydrogen (secondary N) is 3. The van der Waals surface area contributed by atoms with Gasteiger partial charge in [0.2, 0.25) is 0 Å². The summed E-state index contributed by atoms with van der Waals surface area (Å²) in [5, 5.41) is 0. The third kappa shape index (κ3) is 1.78. The maximum atomic E-state index is 3.30. The van der Waals surface area contributed by atoms with Crippen LogP contribution in [0.4, 0.5) is 0 Å². The van der Waals surface area contributed by atoms with E-state index in [0.29, 0.717) is 12.1 Å². The second kappa shape index (κ2) is 3.93. The van der Waals surface area contributed by atoms with Gasteiger partial charge in [-0.1, -0.05) is 30.3 Å². The van der Waals surface area contributed by atoms with Crippen LogP contribution >= 0.6 is 0 Å². The Labute approximate surface area is 90.2 Å². The lowest BCUT2D eigenvalue weighted by molar-refractivity contribution is 0.338. The van der Waals surface area contributed by atoms with Crippen LogP contribution in [-0.4, -0.2) is 12.1 Å². The molecule has 3 nitrogen and oxygen atoms in total. The summed E-state index contributed by atoms with van der Waals surface area (Å²) in [6.45, 7) is 0. The molecule has 1 saturated carbocycles. The quantitative estimate of drug-likeness (QED) is 0.644. The molecule has 80 valence electrons. The average Bonchev–Trinajstić information content (AvgIpc) is 2.77. The Morgan fingerprint density at radius 2 is 1.73 bits per heavy atom. The average molecular weight is 203 g/mol. The molecule has 0 spiro atoms. The van der Waals surface area contributed by atoms with Gasteiger partial charge in [0, 0.05) is 12.1 Å². The van der Waals surface area contributed by atoms with Crippen molar-refractivity contribution in [3.8, 4) is 0 Å². The van der Waals surface area contributed by atoms with Crippen molar-refractivity contribution in [3.63, 3.8) is 0 Å². The van der Waals surface area contributed by atoms with Crippen molar-refractivity contribution in [1.29, 1.82) is 0 Å². The standard InChI is InChI=1S/C12H17N3/c1-2-4-9(5-3-1)10-6-7-11-12(8-10)14-15-13-11/h1-5,10-15H,6-8H2. The van der Waals surface area contributed by atoms with E-state index in [-0.39, 0.29) is 0 Å². The van der Waals surface area contributed by atoms with Crippen LogP contribution in [0.1, 0.15) is 30.7 Å². The van der Waals surface area contributed by atoms with Crippen LogP contribution in [0.25, 0.3) is 0 Å². The molecule has 15 heavy (non-hydrogen) atoms. The second-order valence-electron chi connectivity index (χ2n) is 4.55. The summed E-state index contributed by atoms with van der Waals surface area (Å²) in [4.78, 5) is 0. The number of fused-ring (bicyclic) bond motifs is 1. The number of benzene rings is 1. The van der Waals surface area contributed by atoms with Gasteiger partial charge in [0.05, 0.1) is 0 Å². The summed E-state index contributed by atoms with van der Waals surface area (Å²) in [7, 11) is 0. The number of hydrogen-bond donors (Lipinski definition) is 3. The smallest absolute Gasteiger partial charge is 0.0399 e. The molecular formula is C12H17N3. The van der Waals surface area contributed by atoms with Crippen molar-refractivity contribution in [1.82, 2.24) is 16.4 Å². The predicted octanol–water partition coefficient (Wildman–Crippen LogP) is 1.30. The maximum Gasteiger partial charge on any atom is 0.0399 e. The summed E-state index contributed by atoms with van der Waals surface area (Å²) in [6.07, 6.45) is 3.78. The Bertz CT molecular complexity index is 325. The molecule has 0 bridgehead atoms. The van der Waals surface area contributed by atoms with Gasteiger partial charge in [0.25, 0.3) is 0 Å². The molecule has 1 aliphatic carbocycles. The van der Waals surface area contributed by atoms with Crippen molar-refractivity contribution < 1.29 is 0 Å². The molecular weight excluding hydrogens is 186 g/mol. The van der Waals surface area contributed by atoms with Crippen LogP contribution in [0.3, 0.4) is 0 Å². The second-order valence-corrected chi connectivity index (χ2v) is 4.55.